The van der Waals surface area contributed by atoms with Crippen molar-refractivity contribution in [1.29, 1.82) is 0 Å². The highest BCUT2D eigenvalue weighted by atomic mass is 16.4. The van der Waals surface area contributed by atoms with Crippen LogP contribution in [0.1, 0.15) is 26.2 Å². The number of carboxylic acids is 1. The summed E-state index contributed by atoms with van der Waals surface area (Å²) in [5.74, 6) is -2.08. The normalized spacial score (nSPS) is 31.8. The van der Waals surface area contributed by atoms with Crippen molar-refractivity contribution >= 4 is 17.8 Å². The van der Waals surface area contributed by atoms with Crippen LogP contribution in [0.4, 0.5) is 0 Å². The zero-order chi connectivity index (χ0) is 12.6. The van der Waals surface area contributed by atoms with Crippen molar-refractivity contribution in [3.63, 3.8) is 0 Å². The van der Waals surface area contributed by atoms with E-state index in [-0.39, 0.29) is 30.7 Å². The predicted molar refractivity (Wildman–Crippen MR) is 56.3 cm³/mol. The number of rotatable bonds is 3. The van der Waals surface area contributed by atoms with Gasteiger partial charge in [0.1, 0.15) is 0 Å². The molecule has 2 aliphatic rings. The summed E-state index contributed by atoms with van der Waals surface area (Å²) in [7, 11) is 0. The van der Waals surface area contributed by atoms with Gasteiger partial charge >= 0.3 is 0 Å². The molecule has 0 aromatic rings. The van der Waals surface area contributed by atoms with E-state index in [2.05, 4.69) is 0 Å². The van der Waals surface area contributed by atoms with Crippen LogP contribution in [0.15, 0.2) is 12.2 Å². The van der Waals surface area contributed by atoms with Crippen LogP contribution in [0.5, 0.6) is 0 Å². The molecule has 1 saturated heterocycles. The third-order valence-corrected chi connectivity index (χ3v) is 3.69. The maximum absolute atomic E-state index is 12.1. The molecule has 0 aromatic heterocycles. The van der Waals surface area contributed by atoms with E-state index in [0.29, 0.717) is 12.8 Å². The fourth-order valence-electron chi connectivity index (χ4n) is 2.58. The number of imide groups is 1. The number of hydrogen-bond donors (Lipinski definition) is 0. The van der Waals surface area contributed by atoms with E-state index in [0.717, 1.165) is 4.90 Å². The molecule has 92 valence electrons. The molecule has 17 heavy (non-hydrogen) atoms. The molecule has 5 nitrogen and oxygen atoms in total. The number of fused-ring (bicyclic) bond motifs is 1. The van der Waals surface area contributed by atoms with Gasteiger partial charge in [0.2, 0.25) is 11.8 Å². The zero-order valence-electron chi connectivity index (χ0n) is 9.64. The molecule has 0 unspecified atom stereocenters. The maximum atomic E-state index is 12.1. The SMILES string of the molecule is C[C@]12CC=CC[C@H]1C(=O)N(CCC(=O)[O-])C2=O. The lowest BCUT2D eigenvalue weighted by atomic mass is 9.72. The molecule has 0 radical (unpaired) electrons. The van der Waals surface area contributed by atoms with Gasteiger partial charge in [0, 0.05) is 18.9 Å². The van der Waals surface area contributed by atoms with Crippen molar-refractivity contribution in [3.8, 4) is 0 Å². The number of likely N-dealkylation sites (tertiary alicyclic amines) is 1. The number of aliphatic carboxylic acids is 1. The summed E-state index contributed by atoms with van der Waals surface area (Å²) in [6.07, 6.45) is 4.62. The molecule has 0 saturated carbocycles. The quantitative estimate of drug-likeness (QED) is 0.487. The van der Waals surface area contributed by atoms with Crippen LogP contribution < -0.4 is 5.11 Å². The fourth-order valence-corrected chi connectivity index (χ4v) is 2.58. The van der Waals surface area contributed by atoms with Crippen LogP contribution in [0.25, 0.3) is 0 Å². The first kappa shape index (κ1) is 11.8. The third-order valence-electron chi connectivity index (χ3n) is 3.69. The number of carbonyl (C=O) groups excluding carboxylic acids is 3. The highest BCUT2D eigenvalue weighted by Crippen LogP contribution is 2.45. The topological polar surface area (TPSA) is 77.5 Å². The number of hydrogen-bond acceptors (Lipinski definition) is 4. The summed E-state index contributed by atoms with van der Waals surface area (Å²) in [4.78, 5) is 35.6. The molecule has 1 aliphatic heterocycles. The summed E-state index contributed by atoms with van der Waals surface area (Å²) in [6, 6.07) is 0. The van der Waals surface area contributed by atoms with E-state index in [1.54, 1.807) is 6.92 Å². The summed E-state index contributed by atoms with van der Waals surface area (Å²) in [6.45, 7) is 1.70. The van der Waals surface area contributed by atoms with Crippen LogP contribution in [0.3, 0.4) is 0 Å². The molecule has 1 fully saturated rings. The Bertz CT molecular complexity index is 415. The molecule has 0 bridgehead atoms. The van der Waals surface area contributed by atoms with Gasteiger partial charge in [-0.15, -0.1) is 0 Å². The Morgan fingerprint density at radius 2 is 2.24 bits per heavy atom. The molecule has 0 spiro atoms. The first-order valence-electron chi connectivity index (χ1n) is 5.67. The minimum atomic E-state index is -1.25. The van der Waals surface area contributed by atoms with E-state index < -0.39 is 11.4 Å². The Morgan fingerprint density at radius 1 is 1.53 bits per heavy atom. The van der Waals surface area contributed by atoms with Crippen LogP contribution in [0.2, 0.25) is 0 Å². The monoisotopic (exact) mass is 236 g/mol. The summed E-state index contributed by atoms with van der Waals surface area (Å²) in [5.41, 5.74) is -0.683. The van der Waals surface area contributed by atoms with Crippen molar-refractivity contribution in [2.24, 2.45) is 11.3 Å². The molecular formula is C12H14NO4-. The lowest BCUT2D eigenvalue weighted by Crippen LogP contribution is -2.37. The van der Waals surface area contributed by atoms with Gasteiger partial charge in [0.05, 0.1) is 11.3 Å². The Hall–Kier alpha value is -1.65. The highest BCUT2D eigenvalue weighted by molar-refractivity contribution is 6.07. The average molecular weight is 236 g/mol. The Balaban J connectivity index is 2.19. The Kier molecular flexibility index (Phi) is 2.77. The predicted octanol–water partition coefficient (Wildman–Crippen LogP) is -0.532. The van der Waals surface area contributed by atoms with Crippen LogP contribution >= 0.6 is 0 Å². The van der Waals surface area contributed by atoms with Gasteiger partial charge in [-0.2, -0.15) is 0 Å². The lowest BCUT2D eigenvalue weighted by Gasteiger charge is -2.27. The van der Waals surface area contributed by atoms with Gasteiger partial charge in [0.15, 0.2) is 0 Å². The third kappa shape index (κ3) is 1.75. The number of amides is 2. The standard InChI is InChI=1S/C12H15NO4/c1-12-6-3-2-4-8(12)10(16)13(11(12)17)7-5-9(14)15/h2-3,8H,4-7H2,1H3,(H,14,15)/p-1/t8-,12-/m0/s1. The number of carbonyl (C=O) groups is 3. The molecule has 1 aliphatic carbocycles. The second-order valence-electron chi connectivity index (χ2n) is 4.80. The summed E-state index contributed by atoms with van der Waals surface area (Å²) >= 11 is 0. The Labute approximate surface area is 99.1 Å². The molecule has 0 N–H and O–H groups in total. The van der Waals surface area contributed by atoms with Gasteiger partial charge in [-0.3, -0.25) is 14.5 Å². The van der Waals surface area contributed by atoms with Crippen molar-refractivity contribution in [3.05, 3.63) is 12.2 Å². The van der Waals surface area contributed by atoms with Gasteiger partial charge in [-0.1, -0.05) is 12.2 Å². The van der Waals surface area contributed by atoms with Crippen molar-refractivity contribution < 1.29 is 19.5 Å². The largest absolute Gasteiger partial charge is 0.550 e. The first-order valence-corrected chi connectivity index (χ1v) is 5.67. The minimum Gasteiger partial charge on any atom is -0.550 e. The number of carboxylic acid groups (broad SMARTS) is 1. The molecular weight excluding hydrogens is 222 g/mol. The van der Waals surface area contributed by atoms with Crippen LogP contribution in [-0.4, -0.2) is 29.2 Å². The van der Waals surface area contributed by atoms with Crippen LogP contribution in [0, 0.1) is 11.3 Å². The second-order valence-corrected chi connectivity index (χ2v) is 4.80. The smallest absolute Gasteiger partial charge is 0.236 e. The zero-order valence-corrected chi connectivity index (χ0v) is 9.64. The number of nitrogens with zero attached hydrogens (tertiary/aromatic N) is 1. The van der Waals surface area contributed by atoms with Crippen molar-refractivity contribution in [2.75, 3.05) is 6.54 Å². The number of allylic oxidation sites excluding steroid dienone is 2. The Morgan fingerprint density at radius 3 is 2.82 bits per heavy atom. The van der Waals surface area contributed by atoms with Crippen molar-refractivity contribution in [2.45, 2.75) is 26.2 Å². The maximum Gasteiger partial charge on any atom is 0.236 e. The van der Waals surface area contributed by atoms with Gasteiger partial charge in [-0.05, 0) is 19.8 Å². The van der Waals surface area contributed by atoms with E-state index >= 15 is 0 Å². The van der Waals surface area contributed by atoms with Gasteiger partial charge < -0.3 is 9.90 Å². The van der Waals surface area contributed by atoms with E-state index in [1.165, 1.54) is 0 Å². The van der Waals surface area contributed by atoms with Crippen molar-refractivity contribution in [1.82, 2.24) is 4.90 Å². The first-order chi connectivity index (χ1) is 7.97. The van der Waals surface area contributed by atoms with Gasteiger partial charge in [-0.25, -0.2) is 0 Å². The highest BCUT2D eigenvalue weighted by Gasteiger charge is 2.55. The van der Waals surface area contributed by atoms with E-state index in [9.17, 15) is 19.5 Å². The molecule has 0 aromatic carbocycles. The minimum absolute atomic E-state index is 0.0773. The van der Waals surface area contributed by atoms with Crippen LogP contribution in [-0.2, 0) is 14.4 Å². The lowest BCUT2D eigenvalue weighted by molar-refractivity contribution is -0.305. The molecule has 1 heterocycles. The second kappa shape index (κ2) is 3.98. The molecule has 2 atom stereocenters. The van der Waals surface area contributed by atoms with E-state index in [1.807, 2.05) is 12.2 Å². The fraction of sp³-hybridized carbons (Fsp3) is 0.583. The summed E-state index contributed by atoms with van der Waals surface area (Å²) in [5, 5.41) is 10.4. The molecule has 5 heteroatoms. The summed E-state index contributed by atoms with van der Waals surface area (Å²) < 4.78 is 0. The molecule has 2 rings (SSSR count). The van der Waals surface area contributed by atoms with Gasteiger partial charge in [0.25, 0.3) is 0 Å². The molecule has 2 amide bonds. The average Bonchev–Trinajstić information content (AvgIpc) is 2.46. The van der Waals surface area contributed by atoms with E-state index in [4.69, 9.17) is 0 Å².